The Labute approximate surface area is 185 Å². The second kappa shape index (κ2) is 12.2. The van der Waals surface area contributed by atoms with Gasteiger partial charge in [-0.25, -0.2) is 0 Å². The summed E-state index contributed by atoms with van der Waals surface area (Å²) in [4.78, 5) is 14.4. The van der Waals surface area contributed by atoms with Gasteiger partial charge in [-0.05, 0) is 73.0 Å². The first-order valence-electron chi connectivity index (χ1n) is 10.3. The van der Waals surface area contributed by atoms with Crippen molar-refractivity contribution in [2.24, 2.45) is 5.41 Å². The van der Waals surface area contributed by atoms with Gasteiger partial charge in [0.15, 0.2) is 0 Å². The molecule has 4 heteroatoms. The fraction of sp³-hybridized carbons (Fsp3) is 0.346. The van der Waals surface area contributed by atoms with Crippen molar-refractivity contribution in [1.29, 1.82) is 0 Å². The Balaban J connectivity index is 1.87. The molecule has 0 spiro atoms. The highest BCUT2D eigenvalue weighted by Gasteiger charge is 2.04. The first-order chi connectivity index (χ1) is 14.4. The summed E-state index contributed by atoms with van der Waals surface area (Å²) >= 11 is 1.63. The van der Waals surface area contributed by atoms with E-state index >= 15 is 0 Å². The largest absolute Gasteiger partial charge is 0.348 e. The normalized spacial score (nSPS) is 11.8. The van der Waals surface area contributed by atoms with Crippen LogP contribution in [0.2, 0.25) is 0 Å². The van der Waals surface area contributed by atoms with Crippen molar-refractivity contribution in [1.82, 2.24) is 10.2 Å². The van der Waals surface area contributed by atoms with Gasteiger partial charge in [-0.3, -0.25) is 9.69 Å². The van der Waals surface area contributed by atoms with Gasteiger partial charge in [-0.2, -0.15) is 11.3 Å². The average molecular weight is 421 g/mol. The maximum Gasteiger partial charge on any atom is 0.244 e. The first kappa shape index (κ1) is 23.7. The van der Waals surface area contributed by atoms with E-state index in [2.05, 4.69) is 68.0 Å². The van der Waals surface area contributed by atoms with Crippen molar-refractivity contribution in [2.45, 2.75) is 40.8 Å². The molecular formula is C26H32N2OS. The number of thiophene rings is 1. The standard InChI is InChI=1S/C26H32N2OS/c1-5-28(16-8-6-7-15-26(2,3)4)20-23-11-9-10-22(18-23)12-13-25(29)27-19-24-14-17-30-21-24/h6,8-14,17-18,21H,5,16,19-20H2,1-4H3,(H,27,29)/b8-6+,13-12+. The maximum atomic E-state index is 12.0. The first-order valence-corrected chi connectivity index (χ1v) is 11.3. The summed E-state index contributed by atoms with van der Waals surface area (Å²) in [5.41, 5.74) is 3.42. The molecule has 2 aromatic rings. The van der Waals surface area contributed by atoms with E-state index in [1.165, 1.54) is 5.56 Å². The van der Waals surface area contributed by atoms with E-state index in [-0.39, 0.29) is 11.3 Å². The Morgan fingerprint density at radius 2 is 2.07 bits per heavy atom. The van der Waals surface area contributed by atoms with Crippen LogP contribution in [0.3, 0.4) is 0 Å². The molecule has 2 rings (SSSR count). The maximum absolute atomic E-state index is 12.0. The predicted octanol–water partition coefficient (Wildman–Crippen LogP) is 5.51. The molecule has 0 saturated heterocycles. The van der Waals surface area contributed by atoms with Crippen molar-refractivity contribution in [3.63, 3.8) is 0 Å². The number of rotatable bonds is 9. The van der Waals surface area contributed by atoms with Crippen LogP contribution in [-0.4, -0.2) is 23.9 Å². The van der Waals surface area contributed by atoms with Gasteiger partial charge in [0.1, 0.15) is 0 Å². The van der Waals surface area contributed by atoms with E-state index < -0.39 is 0 Å². The smallest absolute Gasteiger partial charge is 0.244 e. The molecule has 0 unspecified atom stereocenters. The van der Waals surface area contributed by atoms with Crippen LogP contribution in [0.25, 0.3) is 6.08 Å². The molecule has 0 bridgehead atoms. The molecule has 0 aliphatic heterocycles. The number of carbonyl (C=O) groups is 1. The summed E-state index contributed by atoms with van der Waals surface area (Å²) in [6, 6.07) is 10.3. The minimum absolute atomic E-state index is 0.0313. The van der Waals surface area contributed by atoms with E-state index in [9.17, 15) is 4.79 Å². The Bertz CT molecular complexity index is 908. The van der Waals surface area contributed by atoms with Gasteiger partial charge in [0.05, 0.1) is 0 Å². The van der Waals surface area contributed by atoms with E-state index in [0.29, 0.717) is 6.54 Å². The summed E-state index contributed by atoms with van der Waals surface area (Å²) in [5.74, 6) is 6.26. The van der Waals surface area contributed by atoms with Crippen LogP contribution in [0.15, 0.2) is 59.3 Å². The van der Waals surface area contributed by atoms with Crippen LogP contribution in [0.5, 0.6) is 0 Å². The van der Waals surface area contributed by atoms with E-state index in [0.717, 1.165) is 30.8 Å². The third-order valence-corrected chi connectivity index (χ3v) is 5.02. The number of allylic oxidation sites excluding steroid dienone is 1. The number of nitrogens with zero attached hydrogens (tertiary/aromatic N) is 1. The zero-order valence-electron chi connectivity index (χ0n) is 18.4. The minimum Gasteiger partial charge on any atom is -0.348 e. The SMILES string of the molecule is CCN(C/C=C/C#CC(C)(C)C)Cc1cccc(/C=C/C(=O)NCc2ccsc2)c1. The lowest BCUT2D eigenvalue weighted by Gasteiger charge is -2.18. The lowest BCUT2D eigenvalue weighted by molar-refractivity contribution is -0.116. The molecule has 1 N–H and O–H groups in total. The van der Waals surface area contributed by atoms with E-state index in [1.807, 2.05) is 41.1 Å². The fourth-order valence-electron chi connectivity index (χ4n) is 2.69. The van der Waals surface area contributed by atoms with Crippen molar-refractivity contribution in [3.05, 3.63) is 76.0 Å². The zero-order valence-corrected chi connectivity index (χ0v) is 19.3. The molecule has 30 heavy (non-hydrogen) atoms. The highest BCUT2D eigenvalue weighted by Crippen LogP contribution is 2.11. The zero-order chi connectivity index (χ0) is 21.8. The van der Waals surface area contributed by atoms with Gasteiger partial charge in [0.2, 0.25) is 5.91 Å². The molecule has 0 radical (unpaired) electrons. The summed E-state index contributed by atoms with van der Waals surface area (Å²) in [7, 11) is 0. The predicted molar refractivity (Wildman–Crippen MR) is 129 cm³/mol. The van der Waals surface area contributed by atoms with E-state index in [1.54, 1.807) is 17.4 Å². The molecule has 0 saturated carbocycles. The average Bonchev–Trinajstić information content (AvgIpc) is 3.22. The van der Waals surface area contributed by atoms with Gasteiger partial charge in [-0.1, -0.05) is 49.1 Å². The molecule has 1 aromatic heterocycles. The molecular weight excluding hydrogens is 388 g/mol. The third kappa shape index (κ3) is 9.73. The number of benzene rings is 1. The Hall–Kier alpha value is -2.61. The molecule has 0 atom stereocenters. The quantitative estimate of drug-likeness (QED) is 0.429. The van der Waals surface area contributed by atoms with Gasteiger partial charge in [0.25, 0.3) is 0 Å². The summed E-state index contributed by atoms with van der Waals surface area (Å²) in [6.45, 7) is 11.7. The number of hydrogen-bond donors (Lipinski definition) is 1. The van der Waals surface area contributed by atoms with E-state index in [4.69, 9.17) is 0 Å². The van der Waals surface area contributed by atoms with Gasteiger partial charge in [0, 0.05) is 31.1 Å². The highest BCUT2D eigenvalue weighted by atomic mass is 32.1. The lowest BCUT2D eigenvalue weighted by atomic mass is 9.98. The number of carbonyl (C=O) groups excluding carboxylic acids is 1. The number of nitrogens with one attached hydrogen (secondary N) is 1. The molecule has 0 fully saturated rings. The Morgan fingerprint density at radius 1 is 1.23 bits per heavy atom. The van der Waals surface area contributed by atoms with Gasteiger partial charge < -0.3 is 5.32 Å². The number of amides is 1. The van der Waals surface area contributed by atoms with Crippen LogP contribution in [0.4, 0.5) is 0 Å². The van der Waals surface area contributed by atoms with Crippen LogP contribution in [0.1, 0.15) is 44.4 Å². The van der Waals surface area contributed by atoms with Crippen LogP contribution in [0, 0.1) is 17.3 Å². The van der Waals surface area contributed by atoms with Crippen LogP contribution in [-0.2, 0) is 17.9 Å². The molecule has 0 aliphatic rings. The van der Waals surface area contributed by atoms with Crippen molar-refractivity contribution < 1.29 is 4.79 Å². The number of likely N-dealkylation sites (N-methyl/N-ethyl adjacent to an activating group) is 1. The fourth-order valence-corrected chi connectivity index (χ4v) is 3.36. The van der Waals surface area contributed by atoms with Crippen molar-refractivity contribution in [3.8, 4) is 11.8 Å². The molecule has 158 valence electrons. The lowest BCUT2D eigenvalue weighted by Crippen LogP contribution is -2.22. The molecule has 1 aromatic carbocycles. The molecule has 1 heterocycles. The Morgan fingerprint density at radius 3 is 2.77 bits per heavy atom. The second-order valence-electron chi connectivity index (χ2n) is 8.18. The van der Waals surface area contributed by atoms with Gasteiger partial charge >= 0.3 is 0 Å². The van der Waals surface area contributed by atoms with Crippen LogP contribution >= 0.6 is 11.3 Å². The van der Waals surface area contributed by atoms with Crippen LogP contribution < -0.4 is 5.32 Å². The molecule has 3 nitrogen and oxygen atoms in total. The third-order valence-electron chi connectivity index (χ3n) is 4.29. The number of hydrogen-bond acceptors (Lipinski definition) is 3. The van der Waals surface area contributed by atoms with Gasteiger partial charge in [-0.15, -0.1) is 0 Å². The summed E-state index contributed by atoms with van der Waals surface area (Å²) < 4.78 is 0. The highest BCUT2D eigenvalue weighted by molar-refractivity contribution is 7.07. The second-order valence-corrected chi connectivity index (χ2v) is 8.96. The molecule has 1 amide bonds. The topological polar surface area (TPSA) is 32.3 Å². The minimum atomic E-state index is -0.0803. The summed E-state index contributed by atoms with van der Waals surface area (Å²) in [6.07, 6.45) is 7.52. The summed E-state index contributed by atoms with van der Waals surface area (Å²) in [5, 5.41) is 6.96. The van der Waals surface area contributed by atoms with Crippen molar-refractivity contribution >= 4 is 23.3 Å². The monoisotopic (exact) mass is 420 g/mol. The Kier molecular flexibility index (Phi) is 9.60. The van der Waals surface area contributed by atoms with Crippen molar-refractivity contribution in [2.75, 3.05) is 13.1 Å². The molecule has 0 aliphatic carbocycles.